The number of hydrogen-bond acceptors (Lipinski definition) is 4. The van der Waals surface area contributed by atoms with E-state index in [1.165, 1.54) is 27.8 Å². The van der Waals surface area contributed by atoms with Crippen LogP contribution in [0.1, 0.15) is 53.6 Å². The molecule has 29 heavy (non-hydrogen) atoms. The van der Waals surface area contributed by atoms with Gasteiger partial charge in [-0.3, -0.25) is 9.20 Å². The molecule has 6 nitrogen and oxygen atoms in total. The molecule has 1 aliphatic carbocycles. The predicted octanol–water partition coefficient (Wildman–Crippen LogP) is 2.82. The molecule has 4 heterocycles. The largest absolute Gasteiger partial charge is 0.477 e. The summed E-state index contributed by atoms with van der Waals surface area (Å²) < 4.78 is 16.5. The van der Waals surface area contributed by atoms with E-state index in [0.29, 0.717) is 29.9 Å². The number of nitrogens with zero attached hydrogens (tertiary/aromatic N) is 2. The molecule has 0 aromatic carbocycles. The Morgan fingerprint density at radius 2 is 2.07 bits per heavy atom. The molecule has 7 heteroatoms. The highest BCUT2D eigenvalue weighted by Gasteiger charge is 2.35. The molecule has 0 bridgehead atoms. The fourth-order valence-corrected chi connectivity index (χ4v) is 4.98. The Morgan fingerprint density at radius 3 is 2.72 bits per heavy atom. The molecule has 1 atom stereocenters. The van der Waals surface area contributed by atoms with Crippen molar-refractivity contribution in [1.82, 2.24) is 9.72 Å². The topological polar surface area (TPSA) is 74.0 Å². The minimum absolute atomic E-state index is 0.230. The quantitative estimate of drug-likeness (QED) is 0.779. The first kappa shape index (κ1) is 18.4. The second kappa shape index (κ2) is 6.42. The van der Waals surface area contributed by atoms with E-state index in [-0.39, 0.29) is 17.5 Å². The zero-order chi connectivity index (χ0) is 20.4. The Hall–Kier alpha value is -2.67. The summed E-state index contributed by atoms with van der Waals surface area (Å²) in [6, 6.07) is 1.74. The monoisotopic (exact) mass is 397 g/mol. The van der Waals surface area contributed by atoms with Gasteiger partial charge in [0.1, 0.15) is 5.56 Å². The normalized spacial score (nSPS) is 21.8. The third-order valence-corrected chi connectivity index (χ3v) is 6.63. The maximum Gasteiger partial charge on any atom is 0.341 e. The van der Waals surface area contributed by atoms with Gasteiger partial charge in [-0.05, 0) is 68.3 Å². The van der Waals surface area contributed by atoms with Gasteiger partial charge in [-0.1, -0.05) is 5.57 Å². The molecule has 2 N–H and O–H groups in total. The summed E-state index contributed by atoms with van der Waals surface area (Å²) in [6.45, 7) is 6.29. The molecule has 2 aromatic rings. The second-order valence-electron chi connectivity index (χ2n) is 8.51. The van der Waals surface area contributed by atoms with Crippen LogP contribution < -0.4 is 15.8 Å². The number of rotatable bonds is 3. The summed E-state index contributed by atoms with van der Waals surface area (Å²) in [5.41, 5.74) is 4.45. The zero-order valence-corrected chi connectivity index (χ0v) is 16.6. The summed E-state index contributed by atoms with van der Waals surface area (Å²) in [5.74, 6) is -1.53. The highest BCUT2D eigenvalue weighted by Crippen LogP contribution is 2.44. The van der Waals surface area contributed by atoms with E-state index in [2.05, 4.69) is 17.1 Å². The van der Waals surface area contributed by atoms with Gasteiger partial charge in [-0.2, -0.15) is 0 Å². The molecule has 0 unspecified atom stereocenters. The first-order valence-electron chi connectivity index (χ1n) is 10.1. The van der Waals surface area contributed by atoms with Crippen LogP contribution in [0.15, 0.2) is 28.2 Å². The van der Waals surface area contributed by atoms with E-state index in [1.54, 1.807) is 0 Å². The van der Waals surface area contributed by atoms with Crippen LogP contribution in [-0.2, 0) is 0 Å². The number of carboxylic acid groups (broad SMARTS) is 1. The van der Waals surface area contributed by atoms with Crippen molar-refractivity contribution in [3.63, 3.8) is 0 Å². The number of aromatic nitrogens is 1. The molecule has 1 saturated heterocycles. The van der Waals surface area contributed by atoms with Crippen LogP contribution in [0.5, 0.6) is 0 Å². The van der Waals surface area contributed by atoms with Crippen LogP contribution in [-0.4, -0.2) is 41.2 Å². The average molecular weight is 397 g/mol. The SMILES string of the molecule is CC1=C2CN(c3c(F)cn4c(=O)c(C(=O)O)cc(C5CC5)c4c3C)C[C@@H]2NCC1. The van der Waals surface area contributed by atoms with Gasteiger partial charge >= 0.3 is 5.97 Å². The number of nitrogens with one attached hydrogen (secondary N) is 1. The maximum absolute atomic E-state index is 15.3. The number of hydrogen-bond donors (Lipinski definition) is 2. The van der Waals surface area contributed by atoms with Crippen LogP contribution >= 0.6 is 0 Å². The van der Waals surface area contributed by atoms with Crippen LogP contribution in [0.3, 0.4) is 0 Å². The summed E-state index contributed by atoms with van der Waals surface area (Å²) in [7, 11) is 0. The number of carbonyl (C=O) groups is 1. The Bertz CT molecular complexity index is 1150. The van der Waals surface area contributed by atoms with Crippen molar-refractivity contribution in [1.29, 1.82) is 0 Å². The molecule has 2 aromatic heterocycles. The standard InChI is InChI=1S/C22H24FN3O3/c1-11-5-6-24-18-10-25(8-16(11)18)20-12(2)19-14(13-3-4-13)7-15(22(28)29)21(27)26(19)9-17(20)23/h7,9,13,18,24H,3-6,8,10H2,1-2H3,(H,28,29)/t18-/m0/s1. The van der Waals surface area contributed by atoms with Crippen LogP contribution in [0.4, 0.5) is 10.1 Å². The molecular formula is C22H24FN3O3. The number of anilines is 1. The molecule has 2 aliphatic heterocycles. The number of aromatic carboxylic acids is 1. The molecule has 0 spiro atoms. The molecule has 5 rings (SSSR count). The Morgan fingerprint density at radius 1 is 1.31 bits per heavy atom. The maximum atomic E-state index is 15.3. The Labute approximate surface area is 167 Å². The summed E-state index contributed by atoms with van der Waals surface area (Å²) >= 11 is 0. The second-order valence-corrected chi connectivity index (χ2v) is 8.51. The molecule has 152 valence electrons. The van der Waals surface area contributed by atoms with Crippen molar-refractivity contribution in [3.8, 4) is 0 Å². The van der Waals surface area contributed by atoms with E-state index in [1.807, 2.05) is 6.92 Å². The van der Waals surface area contributed by atoms with Gasteiger partial charge in [0.25, 0.3) is 5.56 Å². The minimum atomic E-state index is -1.27. The van der Waals surface area contributed by atoms with Crippen molar-refractivity contribution in [2.75, 3.05) is 24.5 Å². The lowest BCUT2D eigenvalue weighted by molar-refractivity contribution is 0.0694. The van der Waals surface area contributed by atoms with E-state index in [0.717, 1.165) is 31.4 Å². The number of pyridine rings is 2. The minimum Gasteiger partial charge on any atom is -0.477 e. The van der Waals surface area contributed by atoms with Crippen molar-refractivity contribution >= 4 is 17.2 Å². The first-order valence-corrected chi connectivity index (χ1v) is 10.1. The highest BCUT2D eigenvalue weighted by molar-refractivity contribution is 5.89. The number of halogens is 1. The Kier molecular flexibility index (Phi) is 4.07. The van der Waals surface area contributed by atoms with Crippen molar-refractivity contribution in [2.45, 2.75) is 45.1 Å². The number of aryl methyl sites for hydroxylation is 1. The van der Waals surface area contributed by atoms with Gasteiger partial charge in [0, 0.05) is 19.1 Å². The molecule has 2 fully saturated rings. The third-order valence-electron chi connectivity index (χ3n) is 6.63. The molecule has 0 amide bonds. The highest BCUT2D eigenvalue weighted by atomic mass is 19.1. The van der Waals surface area contributed by atoms with Crippen LogP contribution in [0.25, 0.3) is 5.52 Å². The zero-order valence-electron chi connectivity index (χ0n) is 16.6. The lowest BCUT2D eigenvalue weighted by Crippen LogP contribution is -2.37. The predicted molar refractivity (Wildman–Crippen MR) is 109 cm³/mol. The van der Waals surface area contributed by atoms with E-state index in [9.17, 15) is 14.7 Å². The fourth-order valence-electron chi connectivity index (χ4n) is 4.98. The third kappa shape index (κ3) is 2.79. The van der Waals surface area contributed by atoms with Gasteiger partial charge in [-0.15, -0.1) is 0 Å². The molecule has 0 radical (unpaired) electrons. The molecular weight excluding hydrogens is 373 g/mol. The van der Waals surface area contributed by atoms with Crippen molar-refractivity contribution in [3.05, 3.63) is 56.3 Å². The average Bonchev–Trinajstić information content (AvgIpc) is 3.42. The summed E-state index contributed by atoms with van der Waals surface area (Å²) in [4.78, 5) is 26.3. The van der Waals surface area contributed by atoms with Gasteiger partial charge in [-0.25, -0.2) is 9.18 Å². The van der Waals surface area contributed by atoms with Crippen molar-refractivity contribution in [2.24, 2.45) is 0 Å². The number of carboxylic acids is 1. The van der Waals surface area contributed by atoms with Crippen LogP contribution in [0, 0.1) is 12.7 Å². The van der Waals surface area contributed by atoms with Gasteiger partial charge in [0.05, 0.1) is 17.4 Å². The fraction of sp³-hybridized carbons (Fsp3) is 0.455. The van der Waals surface area contributed by atoms with Gasteiger partial charge in [0.2, 0.25) is 0 Å². The lowest BCUT2D eigenvalue weighted by Gasteiger charge is -2.24. The van der Waals surface area contributed by atoms with E-state index >= 15 is 4.39 Å². The van der Waals surface area contributed by atoms with E-state index in [4.69, 9.17) is 0 Å². The summed E-state index contributed by atoms with van der Waals surface area (Å²) in [6.07, 6.45) is 4.11. The van der Waals surface area contributed by atoms with Gasteiger partial charge < -0.3 is 15.3 Å². The number of fused-ring (bicyclic) bond motifs is 2. The van der Waals surface area contributed by atoms with Gasteiger partial charge in [0.15, 0.2) is 5.82 Å². The summed E-state index contributed by atoms with van der Waals surface area (Å²) in [5, 5.41) is 12.9. The molecule has 3 aliphatic rings. The van der Waals surface area contributed by atoms with E-state index < -0.39 is 17.3 Å². The first-order chi connectivity index (χ1) is 13.9. The molecule has 1 saturated carbocycles. The Balaban J connectivity index is 1.72. The van der Waals surface area contributed by atoms with Crippen molar-refractivity contribution < 1.29 is 14.3 Å². The lowest BCUT2D eigenvalue weighted by atomic mass is 9.98. The smallest absolute Gasteiger partial charge is 0.341 e. The van der Waals surface area contributed by atoms with Crippen LogP contribution in [0.2, 0.25) is 0 Å².